The van der Waals surface area contributed by atoms with Crippen molar-refractivity contribution in [3.63, 3.8) is 0 Å². The molecule has 46 valence electrons. The summed E-state index contributed by atoms with van der Waals surface area (Å²) in [4.78, 5) is 0. The molecule has 1 aliphatic heterocycles. The maximum absolute atomic E-state index is 5.32. The highest BCUT2D eigenvalue weighted by Crippen LogP contribution is 2.09. The van der Waals surface area contributed by atoms with Crippen LogP contribution in [0.3, 0.4) is 0 Å². The van der Waals surface area contributed by atoms with Gasteiger partial charge in [0.2, 0.25) is 0 Å². The number of rotatable bonds is 0. The minimum Gasteiger partial charge on any atom is -0.374 e. The number of hydrogen-bond acceptors (Lipinski definition) is 1. The van der Waals surface area contributed by atoms with Crippen molar-refractivity contribution in [3.05, 3.63) is 11.6 Å². The van der Waals surface area contributed by atoms with Gasteiger partial charge in [-0.25, -0.2) is 0 Å². The van der Waals surface area contributed by atoms with Crippen LogP contribution in [0.15, 0.2) is 11.6 Å². The Balaban J connectivity index is 2.42. The van der Waals surface area contributed by atoms with Crippen molar-refractivity contribution in [2.45, 2.75) is 26.4 Å². The molecule has 0 saturated heterocycles. The van der Waals surface area contributed by atoms with Gasteiger partial charge in [0, 0.05) is 0 Å². The first kappa shape index (κ1) is 5.83. The van der Waals surface area contributed by atoms with E-state index in [0.717, 1.165) is 13.0 Å². The van der Waals surface area contributed by atoms with Gasteiger partial charge in [-0.05, 0) is 20.3 Å². The quantitative estimate of drug-likeness (QED) is 0.434. The van der Waals surface area contributed by atoms with Gasteiger partial charge in [0.15, 0.2) is 0 Å². The van der Waals surface area contributed by atoms with Crippen LogP contribution in [0.4, 0.5) is 0 Å². The molecular formula is C7H12O. The molecule has 0 amide bonds. The van der Waals surface area contributed by atoms with Gasteiger partial charge in [-0.3, -0.25) is 0 Å². The fourth-order valence-electron chi connectivity index (χ4n) is 0.768. The van der Waals surface area contributed by atoms with E-state index in [-0.39, 0.29) is 0 Å². The van der Waals surface area contributed by atoms with Crippen LogP contribution >= 0.6 is 0 Å². The largest absolute Gasteiger partial charge is 0.374 e. The van der Waals surface area contributed by atoms with Gasteiger partial charge in [-0.1, -0.05) is 11.6 Å². The molecule has 1 heteroatoms. The summed E-state index contributed by atoms with van der Waals surface area (Å²) in [7, 11) is 0. The monoisotopic (exact) mass is 112 g/mol. The molecule has 0 aromatic heterocycles. The smallest absolute Gasteiger partial charge is 0.0677 e. The Hall–Kier alpha value is -0.300. The van der Waals surface area contributed by atoms with Crippen molar-refractivity contribution in [2.75, 3.05) is 6.61 Å². The normalized spacial score (nSPS) is 29.8. The lowest BCUT2D eigenvalue weighted by Crippen LogP contribution is -2.13. The van der Waals surface area contributed by atoms with E-state index in [1.807, 2.05) is 0 Å². The molecule has 0 N–H and O–H groups in total. The van der Waals surface area contributed by atoms with Crippen LogP contribution in [-0.2, 0) is 4.74 Å². The van der Waals surface area contributed by atoms with Crippen LogP contribution in [0.2, 0.25) is 0 Å². The Morgan fingerprint density at radius 1 is 1.75 bits per heavy atom. The van der Waals surface area contributed by atoms with Crippen LogP contribution in [0, 0.1) is 0 Å². The van der Waals surface area contributed by atoms with E-state index in [1.54, 1.807) is 0 Å². The fourth-order valence-corrected chi connectivity index (χ4v) is 0.768. The molecule has 8 heavy (non-hydrogen) atoms. The summed E-state index contributed by atoms with van der Waals surface area (Å²) in [6.45, 7) is 5.04. The van der Waals surface area contributed by atoms with Gasteiger partial charge >= 0.3 is 0 Å². The van der Waals surface area contributed by atoms with Gasteiger partial charge < -0.3 is 4.74 Å². The van der Waals surface area contributed by atoms with Crippen LogP contribution < -0.4 is 0 Å². The van der Waals surface area contributed by atoms with Crippen molar-refractivity contribution < 1.29 is 4.74 Å². The number of ether oxygens (including phenoxy) is 1. The van der Waals surface area contributed by atoms with Gasteiger partial charge in [0.25, 0.3) is 0 Å². The van der Waals surface area contributed by atoms with Crippen molar-refractivity contribution in [2.24, 2.45) is 0 Å². The van der Waals surface area contributed by atoms with Crippen LogP contribution in [-0.4, -0.2) is 12.7 Å². The highest BCUT2D eigenvalue weighted by Gasteiger charge is 2.04. The maximum atomic E-state index is 5.32. The lowest BCUT2D eigenvalue weighted by molar-refractivity contribution is 0.0758. The number of hydrogen-bond donors (Lipinski definition) is 0. The molecule has 1 nitrogen and oxygen atoms in total. The standard InChI is InChI=1S/C7H12O/c1-6-3-4-7(2)8-5-6/h3,7H,4-5H2,1-2H3/t7-/m1/s1. The molecule has 0 aromatic carbocycles. The Kier molecular flexibility index (Phi) is 1.69. The Morgan fingerprint density at radius 2 is 2.50 bits per heavy atom. The lowest BCUT2D eigenvalue weighted by atomic mass is 10.1. The molecule has 0 saturated carbocycles. The minimum atomic E-state index is 0.443. The van der Waals surface area contributed by atoms with Crippen molar-refractivity contribution in [1.29, 1.82) is 0 Å². The second-order valence-electron chi connectivity index (χ2n) is 2.41. The highest BCUT2D eigenvalue weighted by molar-refractivity contribution is 5.01. The zero-order valence-corrected chi connectivity index (χ0v) is 5.48. The predicted molar refractivity (Wildman–Crippen MR) is 33.8 cm³/mol. The first-order chi connectivity index (χ1) is 3.79. The molecule has 0 bridgehead atoms. The van der Waals surface area contributed by atoms with E-state index in [1.165, 1.54) is 5.57 Å². The van der Waals surface area contributed by atoms with E-state index in [2.05, 4.69) is 19.9 Å². The molecular weight excluding hydrogens is 100 g/mol. The van der Waals surface area contributed by atoms with Gasteiger partial charge in [-0.2, -0.15) is 0 Å². The molecule has 0 aromatic rings. The van der Waals surface area contributed by atoms with Gasteiger partial charge in [0.05, 0.1) is 12.7 Å². The Bertz CT molecular complexity index is 105. The summed E-state index contributed by atoms with van der Waals surface area (Å²) in [6, 6.07) is 0. The van der Waals surface area contributed by atoms with Crippen LogP contribution in [0.1, 0.15) is 20.3 Å². The summed E-state index contributed by atoms with van der Waals surface area (Å²) in [5.41, 5.74) is 1.36. The molecule has 0 unspecified atom stereocenters. The highest BCUT2D eigenvalue weighted by atomic mass is 16.5. The lowest BCUT2D eigenvalue weighted by Gasteiger charge is -2.16. The molecule has 1 aliphatic rings. The maximum Gasteiger partial charge on any atom is 0.0677 e. The predicted octanol–water partition coefficient (Wildman–Crippen LogP) is 1.74. The van der Waals surface area contributed by atoms with Crippen molar-refractivity contribution in [1.82, 2.24) is 0 Å². The third-order valence-electron chi connectivity index (χ3n) is 1.39. The summed E-state index contributed by atoms with van der Waals surface area (Å²) in [5.74, 6) is 0. The second kappa shape index (κ2) is 2.31. The molecule has 0 fully saturated rings. The molecule has 1 heterocycles. The van der Waals surface area contributed by atoms with Crippen molar-refractivity contribution in [3.8, 4) is 0 Å². The summed E-state index contributed by atoms with van der Waals surface area (Å²) in [5, 5.41) is 0. The van der Waals surface area contributed by atoms with Gasteiger partial charge in [0.1, 0.15) is 0 Å². The average molecular weight is 112 g/mol. The zero-order valence-electron chi connectivity index (χ0n) is 5.48. The van der Waals surface area contributed by atoms with E-state index in [4.69, 9.17) is 4.74 Å². The van der Waals surface area contributed by atoms with Crippen molar-refractivity contribution >= 4 is 0 Å². The molecule has 1 rings (SSSR count). The average Bonchev–Trinajstić information content (AvgIpc) is 1.77. The summed E-state index contributed by atoms with van der Waals surface area (Å²) < 4.78 is 5.32. The third kappa shape index (κ3) is 1.34. The minimum absolute atomic E-state index is 0.443. The van der Waals surface area contributed by atoms with E-state index in [0.29, 0.717) is 6.10 Å². The third-order valence-corrected chi connectivity index (χ3v) is 1.39. The first-order valence-corrected chi connectivity index (χ1v) is 3.06. The van der Waals surface area contributed by atoms with E-state index in [9.17, 15) is 0 Å². The van der Waals surface area contributed by atoms with Gasteiger partial charge in [-0.15, -0.1) is 0 Å². The molecule has 0 spiro atoms. The summed E-state index contributed by atoms with van der Waals surface area (Å²) >= 11 is 0. The Morgan fingerprint density at radius 3 is 2.88 bits per heavy atom. The fraction of sp³-hybridized carbons (Fsp3) is 0.714. The molecule has 0 aliphatic carbocycles. The topological polar surface area (TPSA) is 9.23 Å². The van der Waals surface area contributed by atoms with Crippen LogP contribution in [0.25, 0.3) is 0 Å². The van der Waals surface area contributed by atoms with E-state index < -0.39 is 0 Å². The summed E-state index contributed by atoms with van der Waals surface area (Å²) in [6.07, 6.45) is 3.78. The Labute approximate surface area is 50.3 Å². The first-order valence-electron chi connectivity index (χ1n) is 3.06. The second-order valence-corrected chi connectivity index (χ2v) is 2.41. The SMILES string of the molecule is CC1=CC[C@@H](C)OC1. The zero-order chi connectivity index (χ0) is 5.98. The van der Waals surface area contributed by atoms with Crippen LogP contribution in [0.5, 0.6) is 0 Å². The molecule has 1 atom stereocenters. The van der Waals surface area contributed by atoms with E-state index >= 15 is 0 Å². The molecule has 0 radical (unpaired) electrons.